The molecule has 0 radical (unpaired) electrons. The molecule has 1 aromatic carbocycles. The van der Waals surface area contributed by atoms with Gasteiger partial charge in [0.2, 0.25) is 0 Å². The second kappa shape index (κ2) is 5.79. The molecule has 0 spiro atoms. The van der Waals surface area contributed by atoms with E-state index in [1.807, 2.05) is 0 Å². The molecule has 0 aliphatic carbocycles. The van der Waals surface area contributed by atoms with Crippen molar-refractivity contribution in [2.24, 2.45) is 0 Å². The van der Waals surface area contributed by atoms with Crippen LogP contribution >= 0.6 is 23.2 Å². The number of halogens is 2. The minimum absolute atomic E-state index is 0.126. The molecule has 1 aliphatic heterocycles. The summed E-state index contributed by atoms with van der Waals surface area (Å²) in [7, 11) is -3.51. The molecule has 8 heteroatoms. The van der Waals surface area contributed by atoms with E-state index in [1.165, 1.54) is 23.1 Å². The van der Waals surface area contributed by atoms with Crippen molar-refractivity contribution in [3.63, 3.8) is 0 Å². The number of piperidine rings is 1. The first-order valence-electron chi connectivity index (χ1n) is 5.99. The lowest BCUT2D eigenvalue weighted by Crippen LogP contribution is -2.41. The molecule has 1 saturated heterocycles. The summed E-state index contributed by atoms with van der Waals surface area (Å²) in [6.45, 7) is 0.446. The van der Waals surface area contributed by atoms with Crippen molar-refractivity contribution in [1.82, 2.24) is 4.90 Å². The number of hydrogen-bond acceptors (Lipinski definition) is 3. The molecule has 110 valence electrons. The molecule has 2 rings (SSSR count). The van der Waals surface area contributed by atoms with Crippen LogP contribution in [0.2, 0.25) is 10.0 Å². The normalized spacial score (nSPS) is 17.2. The molecular formula is C12H13Cl2NO4S. The quantitative estimate of drug-likeness (QED) is 0.900. The van der Waals surface area contributed by atoms with Gasteiger partial charge in [0.05, 0.1) is 20.2 Å². The minimum atomic E-state index is -3.51. The average molecular weight is 338 g/mol. The van der Waals surface area contributed by atoms with Crippen molar-refractivity contribution in [1.29, 1.82) is 0 Å². The summed E-state index contributed by atoms with van der Waals surface area (Å²) < 4.78 is 24.9. The summed E-state index contributed by atoms with van der Waals surface area (Å²) in [5, 5.41) is 8.76. The highest BCUT2D eigenvalue weighted by molar-refractivity contribution is 7.92. The largest absolute Gasteiger partial charge is 0.465 e. The van der Waals surface area contributed by atoms with Crippen LogP contribution in [0.1, 0.15) is 12.8 Å². The summed E-state index contributed by atoms with van der Waals surface area (Å²) in [5.41, 5.74) is 0. The topological polar surface area (TPSA) is 74.7 Å². The van der Waals surface area contributed by atoms with Crippen LogP contribution in [0, 0.1) is 0 Å². The highest BCUT2D eigenvalue weighted by atomic mass is 35.5. The van der Waals surface area contributed by atoms with Gasteiger partial charge in [0, 0.05) is 13.1 Å². The molecule has 0 bridgehead atoms. The molecule has 1 heterocycles. The van der Waals surface area contributed by atoms with Crippen LogP contribution in [0.4, 0.5) is 4.79 Å². The zero-order chi connectivity index (χ0) is 14.9. The van der Waals surface area contributed by atoms with E-state index in [0.29, 0.717) is 5.02 Å². The molecular weight excluding hydrogens is 325 g/mol. The van der Waals surface area contributed by atoms with Gasteiger partial charge in [-0.3, -0.25) is 0 Å². The van der Waals surface area contributed by atoms with Gasteiger partial charge in [0.25, 0.3) is 0 Å². The van der Waals surface area contributed by atoms with E-state index in [1.54, 1.807) is 0 Å². The van der Waals surface area contributed by atoms with Gasteiger partial charge in [0.15, 0.2) is 9.84 Å². The van der Waals surface area contributed by atoms with Crippen molar-refractivity contribution in [2.45, 2.75) is 23.0 Å². The van der Waals surface area contributed by atoms with Crippen LogP contribution in [0.15, 0.2) is 23.1 Å². The maximum Gasteiger partial charge on any atom is 0.407 e. The average Bonchev–Trinajstić information content (AvgIpc) is 2.41. The molecule has 1 fully saturated rings. The van der Waals surface area contributed by atoms with E-state index < -0.39 is 21.2 Å². The van der Waals surface area contributed by atoms with Gasteiger partial charge in [-0.05, 0) is 31.0 Å². The molecule has 0 aromatic heterocycles. The van der Waals surface area contributed by atoms with Crippen LogP contribution in [0.3, 0.4) is 0 Å². The van der Waals surface area contributed by atoms with E-state index in [2.05, 4.69) is 0 Å². The number of benzene rings is 1. The second-order valence-corrected chi connectivity index (χ2v) is 7.63. The Kier molecular flexibility index (Phi) is 4.46. The van der Waals surface area contributed by atoms with Gasteiger partial charge in [0.1, 0.15) is 0 Å². The van der Waals surface area contributed by atoms with Gasteiger partial charge in [-0.1, -0.05) is 23.2 Å². The third-order valence-corrected chi connectivity index (χ3v) is 6.37. The smallest absolute Gasteiger partial charge is 0.407 e. The first-order chi connectivity index (χ1) is 9.32. The molecule has 5 nitrogen and oxygen atoms in total. The van der Waals surface area contributed by atoms with Gasteiger partial charge in [-0.25, -0.2) is 13.2 Å². The van der Waals surface area contributed by atoms with Crippen LogP contribution in [0.5, 0.6) is 0 Å². The predicted octanol–water partition coefficient (Wildman–Crippen LogP) is 2.91. The Morgan fingerprint density at radius 2 is 1.80 bits per heavy atom. The summed E-state index contributed by atoms with van der Waals surface area (Å²) in [6.07, 6.45) is -0.445. The number of sulfone groups is 1. The number of likely N-dealkylation sites (tertiary alicyclic amines) is 1. The zero-order valence-corrected chi connectivity index (χ0v) is 12.7. The van der Waals surface area contributed by atoms with Crippen LogP contribution < -0.4 is 0 Å². The highest BCUT2D eigenvalue weighted by Crippen LogP contribution is 2.29. The third-order valence-electron chi connectivity index (χ3n) is 3.37. The lowest BCUT2D eigenvalue weighted by Gasteiger charge is -2.29. The summed E-state index contributed by atoms with van der Waals surface area (Å²) in [4.78, 5) is 12.2. The first kappa shape index (κ1) is 15.4. The van der Waals surface area contributed by atoms with Crippen molar-refractivity contribution < 1.29 is 18.3 Å². The van der Waals surface area contributed by atoms with E-state index in [4.69, 9.17) is 28.3 Å². The van der Waals surface area contributed by atoms with Gasteiger partial charge >= 0.3 is 6.09 Å². The molecule has 1 N–H and O–H groups in total. The Morgan fingerprint density at radius 1 is 1.20 bits per heavy atom. The summed E-state index contributed by atoms with van der Waals surface area (Å²) in [5.74, 6) is 0. The minimum Gasteiger partial charge on any atom is -0.465 e. The number of hydrogen-bond donors (Lipinski definition) is 1. The van der Waals surface area contributed by atoms with Crippen LogP contribution in [0.25, 0.3) is 0 Å². The molecule has 1 aliphatic rings. The second-order valence-electron chi connectivity index (χ2n) is 4.59. The summed E-state index contributed by atoms with van der Waals surface area (Å²) >= 11 is 11.6. The lowest BCUT2D eigenvalue weighted by molar-refractivity contribution is 0.136. The molecule has 1 amide bonds. The van der Waals surface area contributed by atoms with E-state index in [9.17, 15) is 13.2 Å². The number of rotatable bonds is 2. The van der Waals surface area contributed by atoms with E-state index in [0.717, 1.165) is 0 Å². The number of nitrogens with zero attached hydrogens (tertiary/aromatic N) is 1. The van der Waals surface area contributed by atoms with Crippen LogP contribution in [-0.2, 0) is 9.84 Å². The van der Waals surface area contributed by atoms with E-state index in [-0.39, 0.29) is 35.8 Å². The lowest BCUT2D eigenvalue weighted by atomic mass is 10.1. The Bertz CT molecular complexity index is 624. The van der Waals surface area contributed by atoms with Gasteiger partial charge in [-0.15, -0.1) is 0 Å². The van der Waals surface area contributed by atoms with Crippen molar-refractivity contribution in [3.05, 3.63) is 28.2 Å². The molecule has 1 aromatic rings. The monoisotopic (exact) mass is 337 g/mol. The SMILES string of the molecule is O=C(O)N1CCC(S(=O)(=O)c2ccc(Cl)c(Cl)c2)CC1. The third kappa shape index (κ3) is 3.02. The fourth-order valence-electron chi connectivity index (χ4n) is 2.20. The zero-order valence-electron chi connectivity index (χ0n) is 10.4. The van der Waals surface area contributed by atoms with Gasteiger partial charge in [-0.2, -0.15) is 0 Å². The van der Waals surface area contributed by atoms with Crippen molar-refractivity contribution in [2.75, 3.05) is 13.1 Å². The highest BCUT2D eigenvalue weighted by Gasteiger charge is 2.32. The van der Waals surface area contributed by atoms with E-state index >= 15 is 0 Å². The predicted molar refractivity (Wildman–Crippen MR) is 76.3 cm³/mol. The Balaban J connectivity index is 2.19. The molecule has 0 saturated carbocycles. The number of amides is 1. The molecule has 0 atom stereocenters. The Labute approximate surface area is 127 Å². The fraction of sp³-hybridized carbons (Fsp3) is 0.417. The van der Waals surface area contributed by atoms with Gasteiger partial charge < -0.3 is 10.0 Å². The van der Waals surface area contributed by atoms with Crippen molar-refractivity contribution >= 4 is 39.1 Å². The molecule has 20 heavy (non-hydrogen) atoms. The maximum absolute atomic E-state index is 12.5. The number of carboxylic acid groups (broad SMARTS) is 1. The summed E-state index contributed by atoms with van der Waals surface area (Å²) in [6, 6.07) is 4.21. The van der Waals surface area contributed by atoms with Crippen LogP contribution in [-0.4, -0.2) is 42.9 Å². The van der Waals surface area contributed by atoms with Crippen molar-refractivity contribution in [3.8, 4) is 0 Å². The molecule has 0 unspecified atom stereocenters. The fourth-order valence-corrected chi connectivity index (χ4v) is 4.32. The maximum atomic E-state index is 12.5. The Hall–Kier alpha value is -0.980. The standard InChI is InChI=1S/C12H13Cl2NO4S/c13-10-2-1-9(7-11(10)14)20(18,19)8-3-5-15(6-4-8)12(16)17/h1-2,7-8H,3-6H2,(H,16,17). The first-order valence-corrected chi connectivity index (χ1v) is 8.29. The number of carbonyl (C=O) groups is 1. The Morgan fingerprint density at radius 3 is 2.30 bits per heavy atom.